The molecule has 0 radical (unpaired) electrons. The Morgan fingerprint density at radius 1 is 0.681 bits per heavy atom. The van der Waals surface area contributed by atoms with Crippen molar-refractivity contribution < 1.29 is 42.9 Å². The predicted molar refractivity (Wildman–Crippen MR) is 180 cm³/mol. The van der Waals surface area contributed by atoms with Crippen LogP contribution in [0.4, 0.5) is 0 Å². The third-order valence-corrected chi connectivity index (χ3v) is 9.07. The minimum absolute atomic E-state index is 0.189. The molecule has 0 saturated carbocycles. The minimum Gasteiger partial charge on any atom is -0.483 e. The third kappa shape index (κ3) is 9.51. The van der Waals surface area contributed by atoms with E-state index in [2.05, 4.69) is 13.8 Å². The lowest BCUT2D eigenvalue weighted by Crippen LogP contribution is -2.46. The van der Waals surface area contributed by atoms with Gasteiger partial charge in [0.2, 0.25) is 5.78 Å². The molecular formula is C38H52O9. The number of methoxy groups -OCH3 is 1. The Kier molecular flexibility index (Phi) is 14.6. The number of ether oxygens (including phenoxy) is 5. The van der Waals surface area contributed by atoms with Crippen LogP contribution in [0.2, 0.25) is 0 Å². The standard InChI is InChI=1S/C38H52O9/c1-8-27(9-2)44-21-15-13-12-14-16-22-45-37(42)26(6)47-29-18-20-31-33(24-29)35(40)30-19-17-28(23-32(30)34(31)39)46-25(5)36(41)38(10-3,11-4)43-7/h17-20,23-27H,8-16,21-22H2,1-7H3. The number of Topliss-reactive ketones (excluding diaryl/α,β-unsaturated/α-hetero) is 1. The van der Waals surface area contributed by atoms with Gasteiger partial charge in [0.15, 0.2) is 23.8 Å². The molecule has 258 valence electrons. The summed E-state index contributed by atoms with van der Waals surface area (Å²) in [7, 11) is 1.51. The topological polar surface area (TPSA) is 114 Å². The highest BCUT2D eigenvalue weighted by molar-refractivity contribution is 6.28. The maximum absolute atomic E-state index is 13.4. The fraction of sp³-hybridized carbons (Fsp3) is 0.579. The van der Waals surface area contributed by atoms with Crippen molar-refractivity contribution >= 4 is 23.3 Å². The van der Waals surface area contributed by atoms with Crippen molar-refractivity contribution in [2.24, 2.45) is 0 Å². The Bertz CT molecular complexity index is 1360. The Morgan fingerprint density at radius 3 is 1.66 bits per heavy atom. The van der Waals surface area contributed by atoms with Crippen molar-refractivity contribution in [1.29, 1.82) is 0 Å². The Balaban J connectivity index is 1.53. The van der Waals surface area contributed by atoms with Crippen LogP contribution in [0.3, 0.4) is 0 Å². The Labute approximate surface area is 279 Å². The average Bonchev–Trinajstić information content (AvgIpc) is 3.08. The van der Waals surface area contributed by atoms with E-state index in [0.717, 1.165) is 51.6 Å². The van der Waals surface area contributed by atoms with Crippen LogP contribution in [0.1, 0.15) is 131 Å². The van der Waals surface area contributed by atoms with Crippen LogP contribution in [0.5, 0.6) is 11.5 Å². The van der Waals surface area contributed by atoms with Gasteiger partial charge in [-0.05, 0) is 88.8 Å². The molecule has 3 rings (SSSR count). The molecule has 9 heteroatoms. The van der Waals surface area contributed by atoms with Gasteiger partial charge in [0, 0.05) is 36.0 Å². The maximum Gasteiger partial charge on any atom is 0.347 e. The van der Waals surface area contributed by atoms with Crippen LogP contribution in [0.15, 0.2) is 36.4 Å². The Morgan fingerprint density at radius 2 is 1.17 bits per heavy atom. The minimum atomic E-state index is -0.950. The first-order chi connectivity index (χ1) is 22.5. The second kappa shape index (κ2) is 18.1. The van der Waals surface area contributed by atoms with Crippen LogP contribution < -0.4 is 9.47 Å². The quantitative estimate of drug-likeness (QED) is 0.0854. The van der Waals surface area contributed by atoms with Crippen LogP contribution in [-0.4, -0.2) is 67.6 Å². The summed E-state index contributed by atoms with van der Waals surface area (Å²) in [6.45, 7) is 12.4. The number of hydrogen-bond donors (Lipinski definition) is 0. The summed E-state index contributed by atoms with van der Waals surface area (Å²) in [6.07, 6.45) is 6.64. The highest BCUT2D eigenvalue weighted by Crippen LogP contribution is 2.33. The predicted octanol–water partition coefficient (Wildman–Crippen LogP) is 7.47. The molecule has 0 aliphatic heterocycles. The Hall–Kier alpha value is -3.56. The van der Waals surface area contributed by atoms with Crippen molar-refractivity contribution in [2.75, 3.05) is 20.3 Å². The summed E-state index contributed by atoms with van der Waals surface area (Å²) < 4.78 is 28.5. The molecule has 0 spiro atoms. The molecule has 2 unspecified atom stereocenters. The number of benzene rings is 2. The van der Waals surface area contributed by atoms with Crippen molar-refractivity contribution in [3.63, 3.8) is 0 Å². The number of carbonyl (C=O) groups is 4. The molecule has 0 fully saturated rings. The third-order valence-electron chi connectivity index (χ3n) is 9.07. The van der Waals surface area contributed by atoms with E-state index in [4.69, 9.17) is 23.7 Å². The number of fused-ring (bicyclic) bond motifs is 2. The first kappa shape index (κ1) is 37.9. The van der Waals surface area contributed by atoms with Gasteiger partial charge in [-0.15, -0.1) is 0 Å². The number of esters is 1. The summed E-state index contributed by atoms with van der Waals surface area (Å²) in [5.41, 5.74) is -0.105. The first-order valence-corrected chi connectivity index (χ1v) is 17.1. The van der Waals surface area contributed by atoms with Gasteiger partial charge in [-0.3, -0.25) is 14.4 Å². The molecule has 0 saturated heterocycles. The molecule has 0 bridgehead atoms. The molecule has 0 aromatic heterocycles. The normalized spacial score (nSPS) is 14.0. The highest BCUT2D eigenvalue weighted by atomic mass is 16.6. The number of hydrogen-bond acceptors (Lipinski definition) is 9. The lowest BCUT2D eigenvalue weighted by molar-refractivity contribution is -0.151. The summed E-state index contributed by atoms with van der Waals surface area (Å²) in [6, 6.07) is 9.18. The van der Waals surface area contributed by atoms with Crippen LogP contribution in [-0.2, 0) is 23.8 Å². The van der Waals surface area contributed by atoms with E-state index in [-0.39, 0.29) is 45.4 Å². The zero-order valence-electron chi connectivity index (χ0n) is 29.1. The summed E-state index contributed by atoms with van der Waals surface area (Å²) in [5, 5.41) is 0. The largest absolute Gasteiger partial charge is 0.483 e. The van der Waals surface area contributed by atoms with Crippen molar-refractivity contribution in [1.82, 2.24) is 0 Å². The molecule has 2 aromatic rings. The molecule has 9 nitrogen and oxygen atoms in total. The molecule has 0 amide bonds. The van der Waals surface area contributed by atoms with Crippen LogP contribution in [0, 0.1) is 0 Å². The summed E-state index contributed by atoms with van der Waals surface area (Å²) in [4.78, 5) is 52.5. The number of rotatable bonds is 21. The van der Waals surface area contributed by atoms with Gasteiger partial charge >= 0.3 is 5.97 Å². The molecule has 1 aliphatic carbocycles. The van der Waals surface area contributed by atoms with E-state index in [9.17, 15) is 19.2 Å². The molecule has 1 aliphatic rings. The zero-order chi connectivity index (χ0) is 34.6. The smallest absolute Gasteiger partial charge is 0.347 e. The van der Waals surface area contributed by atoms with Crippen molar-refractivity contribution in [2.45, 2.75) is 123 Å². The van der Waals surface area contributed by atoms with E-state index < -0.39 is 23.8 Å². The zero-order valence-corrected chi connectivity index (χ0v) is 29.1. The average molecular weight is 653 g/mol. The van der Waals surface area contributed by atoms with E-state index in [0.29, 0.717) is 31.3 Å². The van der Waals surface area contributed by atoms with Gasteiger partial charge in [-0.25, -0.2) is 4.79 Å². The summed E-state index contributed by atoms with van der Waals surface area (Å²) >= 11 is 0. The van der Waals surface area contributed by atoms with Gasteiger partial charge in [-0.2, -0.15) is 0 Å². The number of unbranched alkanes of at least 4 members (excludes halogenated alkanes) is 4. The van der Waals surface area contributed by atoms with Gasteiger partial charge < -0.3 is 23.7 Å². The molecular weight excluding hydrogens is 600 g/mol. The van der Waals surface area contributed by atoms with Crippen molar-refractivity contribution in [3.8, 4) is 11.5 Å². The van der Waals surface area contributed by atoms with Gasteiger partial charge in [0.1, 0.15) is 17.1 Å². The van der Waals surface area contributed by atoms with Gasteiger partial charge in [0.25, 0.3) is 0 Å². The summed E-state index contributed by atoms with van der Waals surface area (Å²) in [5.74, 6) is -0.774. The van der Waals surface area contributed by atoms with Crippen molar-refractivity contribution in [3.05, 3.63) is 58.7 Å². The first-order valence-electron chi connectivity index (χ1n) is 17.1. The van der Waals surface area contributed by atoms with E-state index >= 15 is 0 Å². The second-order valence-corrected chi connectivity index (χ2v) is 12.1. The van der Waals surface area contributed by atoms with E-state index in [1.165, 1.54) is 31.4 Å². The highest BCUT2D eigenvalue weighted by Gasteiger charge is 2.39. The van der Waals surface area contributed by atoms with E-state index in [1.807, 2.05) is 13.8 Å². The molecule has 2 aromatic carbocycles. The van der Waals surface area contributed by atoms with Gasteiger partial charge in [0.05, 0.1) is 12.7 Å². The molecule has 0 N–H and O–H groups in total. The van der Waals surface area contributed by atoms with Crippen LogP contribution in [0.25, 0.3) is 0 Å². The monoisotopic (exact) mass is 652 g/mol. The fourth-order valence-electron chi connectivity index (χ4n) is 5.92. The number of ketones is 3. The number of carbonyl (C=O) groups excluding carboxylic acids is 4. The lowest BCUT2D eigenvalue weighted by Gasteiger charge is -2.31. The maximum atomic E-state index is 13.4. The second-order valence-electron chi connectivity index (χ2n) is 12.1. The molecule has 0 heterocycles. The lowest BCUT2D eigenvalue weighted by atomic mass is 9.84. The van der Waals surface area contributed by atoms with Gasteiger partial charge in [-0.1, -0.05) is 47.0 Å². The van der Waals surface area contributed by atoms with Crippen LogP contribution >= 0.6 is 0 Å². The molecule has 47 heavy (non-hydrogen) atoms. The fourth-order valence-corrected chi connectivity index (χ4v) is 5.92. The molecule has 2 atom stereocenters. The SMILES string of the molecule is CCC(CC)OCCCCCCCOC(=O)C(C)Oc1ccc2c(c1)C(=O)c1ccc(OC(C)C(=O)C(CC)(CC)OC)cc1C2=O. The van der Waals surface area contributed by atoms with E-state index in [1.54, 1.807) is 26.0 Å².